The Hall–Kier alpha value is -3.45. The van der Waals surface area contributed by atoms with E-state index in [1.807, 2.05) is 6.92 Å². The summed E-state index contributed by atoms with van der Waals surface area (Å²) < 4.78 is 56.1. The fraction of sp³-hybridized carbons (Fsp3) is 0.462. The first kappa shape index (κ1) is 28.6. The first-order chi connectivity index (χ1) is 18.5. The zero-order valence-electron chi connectivity index (χ0n) is 21.3. The van der Waals surface area contributed by atoms with Crippen LogP contribution in [0.2, 0.25) is 0 Å². The van der Waals surface area contributed by atoms with Crippen LogP contribution in [0.1, 0.15) is 42.2 Å². The highest BCUT2D eigenvalue weighted by molar-refractivity contribution is 7.88. The van der Waals surface area contributed by atoms with Crippen molar-refractivity contribution in [2.24, 2.45) is 5.92 Å². The fourth-order valence-corrected chi connectivity index (χ4v) is 6.67. The summed E-state index contributed by atoms with van der Waals surface area (Å²) in [4.78, 5) is 43.7. The van der Waals surface area contributed by atoms with Gasteiger partial charge >= 0.3 is 6.61 Å². The number of ketones is 1. The monoisotopic (exact) mass is 564 g/mol. The summed E-state index contributed by atoms with van der Waals surface area (Å²) in [5.41, 5.74) is 0.670. The Morgan fingerprint density at radius 3 is 2.59 bits per heavy atom. The Labute approximate surface area is 225 Å². The van der Waals surface area contributed by atoms with Gasteiger partial charge in [-0.05, 0) is 55.2 Å². The lowest BCUT2D eigenvalue weighted by Crippen LogP contribution is -2.44. The quantitative estimate of drug-likeness (QED) is 0.444. The number of Topliss-reactive ketones (excluding diaryl/α,β-unsaturated/α-hetero) is 1. The molecule has 0 bridgehead atoms. The number of alkyl halides is 2. The average molecular weight is 565 g/mol. The van der Waals surface area contributed by atoms with Gasteiger partial charge in [0, 0.05) is 31.3 Å². The minimum atomic E-state index is -3.79. The van der Waals surface area contributed by atoms with E-state index in [1.165, 1.54) is 39.7 Å². The summed E-state index contributed by atoms with van der Waals surface area (Å²) in [6.45, 7) is -0.771. The molecular formula is C26H30F2N4O6S. The summed E-state index contributed by atoms with van der Waals surface area (Å²) in [7, 11) is -3.79. The second-order valence-corrected chi connectivity index (χ2v) is 11.7. The topological polar surface area (TPSA) is 126 Å². The number of sulfonamides is 1. The van der Waals surface area contributed by atoms with Gasteiger partial charge in [-0.2, -0.15) is 13.1 Å². The summed E-state index contributed by atoms with van der Waals surface area (Å²) >= 11 is 0. The molecule has 0 saturated carbocycles. The van der Waals surface area contributed by atoms with Crippen molar-refractivity contribution < 1.29 is 36.3 Å². The van der Waals surface area contributed by atoms with E-state index < -0.39 is 28.7 Å². The number of fused-ring (bicyclic) bond motifs is 1. The number of ether oxygens (including phenoxy) is 1. The normalized spacial score (nSPS) is 20.2. The highest BCUT2D eigenvalue weighted by Gasteiger charge is 2.53. The zero-order valence-corrected chi connectivity index (χ0v) is 22.1. The second-order valence-electron chi connectivity index (χ2n) is 9.73. The van der Waals surface area contributed by atoms with Crippen LogP contribution < -0.4 is 10.1 Å². The zero-order chi connectivity index (χ0) is 28.2. The Morgan fingerprint density at radius 1 is 1.18 bits per heavy atom. The number of aromatic nitrogens is 1. The van der Waals surface area contributed by atoms with E-state index in [4.69, 9.17) is 0 Å². The number of likely N-dealkylation sites (tertiary alicyclic amines) is 1. The van der Waals surface area contributed by atoms with Gasteiger partial charge in [-0.1, -0.05) is 13.0 Å². The van der Waals surface area contributed by atoms with Crippen molar-refractivity contribution in [2.75, 3.05) is 19.6 Å². The lowest BCUT2D eigenvalue weighted by atomic mass is 10.0. The second kappa shape index (κ2) is 12.2. The third-order valence-electron chi connectivity index (χ3n) is 6.90. The van der Waals surface area contributed by atoms with Crippen molar-refractivity contribution in [3.05, 3.63) is 59.9 Å². The number of carbonyl (C=O) groups excluding carboxylic acids is 3. The molecule has 3 atom stereocenters. The van der Waals surface area contributed by atoms with Crippen LogP contribution in [0, 0.1) is 5.92 Å². The van der Waals surface area contributed by atoms with Crippen LogP contribution in [0.15, 0.2) is 48.7 Å². The van der Waals surface area contributed by atoms with Gasteiger partial charge in [-0.25, -0.2) is 8.42 Å². The van der Waals surface area contributed by atoms with Crippen LogP contribution in [0.25, 0.3) is 0 Å². The summed E-state index contributed by atoms with van der Waals surface area (Å²) in [6, 6.07) is 8.94. The molecule has 10 nitrogen and oxygen atoms in total. The maximum absolute atomic E-state index is 13.1. The van der Waals surface area contributed by atoms with Crippen LogP contribution in [0.4, 0.5) is 8.78 Å². The molecule has 1 N–H and O–H groups in total. The molecule has 13 heteroatoms. The molecule has 4 rings (SSSR count). The van der Waals surface area contributed by atoms with E-state index >= 15 is 0 Å². The number of pyridine rings is 1. The minimum Gasteiger partial charge on any atom is -0.435 e. The van der Waals surface area contributed by atoms with E-state index in [0.717, 1.165) is 0 Å². The Kier molecular flexibility index (Phi) is 8.90. The van der Waals surface area contributed by atoms with E-state index in [9.17, 15) is 31.6 Å². The molecule has 2 amide bonds. The molecule has 2 aliphatic heterocycles. The number of amides is 2. The number of nitrogens with zero attached hydrogens (tertiary/aromatic N) is 3. The predicted octanol–water partition coefficient (Wildman–Crippen LogP) is 2.21. The lowest BCUT2D eigenvalue weighted by Gasteiger charge is -2.25. The SMILES string of the molecule is CC(CCNC(=O)c1ccc(OC(F)F)cc1)CC(=O)N1CCC2C1C(=O)CN2S(=O)(=O)Cc1ccccn1. The molecule has 2 saturated heterocycles. The van der Waals surface area contributed by atoms with E-state index in [1.54, 1.807) is 18.2 Å². The average Bonchev–Trinajstić information content (AvgIpc) is 3.46. The molecule has 1 aromatic heterocycles. The molecule has 2 aromatic rings. The third kappa shape index (κ3) is 6.95. The molecule has 2 aliphatic rings. The molecule has 3 heterocycles. The standard InChI is InChI=1S/C26H30F2N4O6S/c1-17(9-12-30-25(35)18-5-7-20(8-6-18)38-26(27)28)14-23(34)31-13-10-21-24(31)22(33)15-32(21)39(36,37)16-19-4-2-3-11-29-19/h2-8,11,17,21,24,26H,9-10,12-16H2,1H3,(H,30,35). The third-order valence-corrected chi connectivity index (χ3v) is 8.67. The van der Waals surface area contributed by atoms with Gasteiger partial charge in [0.1, 0.15) is 17.5 Å². The maximum Gasteiger partial charge on any atom is 0.387 e. The maximum atomic E-state index is 13.1. The highest BCUT2D eigenvalue weighted by Crippen LogP contribution is 2.33. The van der Waals surface area contributed by atoms with Gasteiger partial charge in [0.05, 0.1) is 18.3 Å². The Balaban J connectivity index is 1.26. The number of rotatable bonds is 11. The van der Waals surface area contributed by atoms with Crippen molar-refractivity contribution in [1.29, 1.82) is 0 Å². The number of benzene rings is 1. The molecule has 0 spiro atoms. The predicted molar refractivity (Wildman–Crippen MR) is 136 cm³/mol. The van der Waals surface area contributed by atoms with E-state index in [0.29, 0.717) is 25.1 Å². The molecule has 3 unspecified atom stereocenters. The molecule has 0 radical (unpaired) electrons. The van der Waals surface area contributed by atoms with E-state index in [-0.39, 0.29) is 60.1 Å². The number of hydrogen-bond acceptors (Lipinski definition) is 7. The summed E-state index contributed by atoms with van der Waals surface area (Å²) in [5, 5.41) is 2.73. The van der Waals surface area contributed by atoms with Gasteiger partial charge < -0.3 is 15.0 Å². The fourth-order valence-electron chi connectivity index (χ4n) is 5.01. The summed E-state index contributed by atoms with van der Waals surface area (Å²) in [6.07, 6.45) is 2.53. The van der Waals surface area contributed by atoms with Gasteiger partial charge in [0.15, 0.2) is 5.78 Å². The van der Waals surface area contributed by atoms with Crippen LogP contribution in [-0.2, 0) is 25.4 Å². The largest absolute Gasteiger partial charge is 0.435 e. The van der Waals surface area contributed by atoms with Crippen molar-refractivity contribution in [1.82, 2.24) is 19.5 Å². The van der Waals surface area contributed by atoms with E-state index in [2.05, 4.69) is 15.0 Å². The number of hydrogen-bond donors (Lipinski definition) is 1. The molecule has 39 heavy (non-hydrogen) atoms. The Bertz CT molecular complexity index is 1290. The molecule has 210 valence electrons. The van der Waals surface area contributed by atoms with Crippen LogP contribution in [0.3, 0.4) is 0 Å². The highest BCUT2D eigenvalue weighted by atomic mass is 32.2. The molecule has 0 aliphatic carbocycles. The summed E-state index contributed by atoms with van der Waals surface area (Å²) in [5.74, 6) is -1.38. The van der Waals surface area contributed by atoms with Crippen LogP contribution in [0.5, 0.6) is 5.75 Å². The first-order valence-corrected chi connectivity index (χ1v) is 14.2. The van der Waals surface area contributed by atoms with Crippen LogP contribution >= 0.6 is 0 Å². The number of halogens is 2. The molecular weight excluding hydrogens is 534 g/mol. The minimum absolute atomic E-state index is 0.0486. The smallest absolute Gasteiger partial charge is 0.387 e. The molecule has 2 fully saturated rings. The number of nitrogens with one attached hydrogen (secondary N) is 1. The van der Waals surface area contributed by atoms with Crippen molar-refractivity contribution in [3.8, 4) is 5.75 Å². The van der Waals surface area contributed by atoms with Crippen LogP contribution in [-0.4, -0.2) is 78.5 Å². The first-order valence-electron chi connectivity index (χ1n) is 12.6. The van der Waals surface area contributed by atoms with Gasteiger partial charge in [-0.15, -0.1) is 0 Å². The van der Waals surface area contributed by atoms with Gasteiger partial charge in [0.2, 0.25) is 15.9 Å². The molecule has 1 aromatic carbocycles. The number of carbonyl (C=O) groups is 3. The van der Waals surface area contributed by atoms with Crippen molar-refractivity contribution >= 4 is 27.6 Å². The lowest BCUT2D eigenvalue weighted by molar-refractivity contribution is -0.137. The Morgan fingerprint density at radius 2 is 1.92 bits per heavy atom. The van der Waals surface area contributed by atoms with Gasteiger partial charge in [-0.3, -0.25) is 19.4 Å². The van der Waals surface area contributed by atoms with Gasteiger partial charge in [0.25, 0.3) is 5.91 Å². The van der Waals surface area contributed by atoms with Crippen molar-refractivity contribution in [2.45, 2.75) is 50.6 Å². The van der Waals surface area contributed by atoms with Crippen molar-refractivity contribution in [3.63, 3.8) is 0 Å².